The molecular formula is C49H46N6O6S5. The number of nitrogens with zero attached hydrogens (tertiary/aromatic N) is 5. The molecule has 9 rings (SSSR count). The van der Waals surface area contributed by atoms with E-state index < -0.39 is 30.1 Å². The summed E-state index contributed by atoms with van der Waals surface area (Å²) in [5, 5.41) is 8.97. The predicted octanol–water partition coefficient (Wildman–Crippen LogP) is 11.0. The average molecular weight is 975 g/mol. The maximum Gasteiger partial charge on any atom is 0.269 e. The molecule has 17 heteroatoms. The van der Waals surface area contributed by atoms with Gasteiger partial charge >= 0.3 is 0 Å². The van der Waals surface area contributed by atoms with Gasteiger partial charge in [-0.2, -0.15) is 31.3 Å². The zero-order valence-electron chi connectivity index (χ0n) is 36.8. The number of benzene rings is 3. The first-order valence-electron chi connectivity index (χ1n) is 21.4. The summed E-state index contributed by atoms with van der Waals surface area (Å²) < 4.78 is 91.6. The molecule has 0 spiro atoms. The molecule has 338 valence electrons. The van der Waals surface area contributed by atoms with Crippen LogP contribution >= 0.6 is 22.7 Å². The lowest BCUT2D eigenvalue weighted by molar-refractivity contribution is 0.444. The molecule has 0 aliphatic rings. The summed E-state index contributed by atoms with van der Waals surface area (Å²) in [6, 6.07) is 25.8. The molecule has 0 bridgehead atoms. The second-order valence-corrected chi connectivity index (χ2v) is 22.8. The quantitative estimate of drug-likeness (QED) is 0.106. The third kappa shape index (κ3) is 7.61. The van der Waals surface area contributed by atoms with E-state index in [1.54, 1.807) is 113 Å². The van der Waals surface area contributed by atoms with Crippen LogP contribution in [0.2, 0.25) is 0 Å². The van der Waals surface area contributed by atoms with Crippen molar-refractivity contribution in [2.24, 2.45) is 0 Å². The number of aromatic nitrogens is 4. The first-order chi connectivity index (χ1) is 31.8. The Hall–Kier alpha value is -5.79. The standard InChI is InChI=1S/C49H46N6O6S5/c1-6-53(7-2)64(56,57)38-14-10-12-33(26-38)41-28-51-48-45(41)43(36-22-25-63-31-36)42(29-52-48)47-44(34-13-11-15-39(27-34)65(58,59)54(8-3)9-4)46-40(35-21-24-62-30-35)20-23-50-49(46)55(47)66(60,61)37-18-16-32(5)17-19-37/h10-31H,6-9H2,1-5H3,(H,51,52). The van der Waals surface area contributed by atoms with Gasteiger partial charge in [0, 0.05) is 77.8 Å². The van der Waals surface area contributed by atoms with Crippen LogP contribution in [0.5, 0.6) is 0 Å². The van der Waals surface area contributed by atoms with Gasteiger partial charge in [0.15, 0.2) is 5.65 Å². The molecule has 66 heavy (non-hydrogen) atoms. The van der Waals surface area contributed by atoms with Crippen molar-refractivity contribution >= 4 is 74.8 Å². The number of thiophene rings is 2. The van der Waals surface area contributed by atoms with Gasteiger partial charge in [0.25, 0.3) is 10.0 Å². The fourth-order valence-electron chi connectivity index (χ4n) is 8.68. The Morgan fingerprint density at radius 3 is 1.77 bits per heavy atom. The summed E-state index contributed by atoms with van der Waals surface area (Å²) >= 11 is 2.96. The number of rotatable bonds is 15. The van der Waals surface area contributed by atoms with E-state index in [2.05, 4.69) is 4.98 Å². The molecule has 6 aromatic heterocycles. The molecule has 0 amide bonds. The monoisotopic (exact) mass is 974 g/mol. The Morgan fingerprint density at radius 2 is 1.18 bits per heavy atom. The molecule has 0 aliphatic carbocycles. The molecule has 0 saturated heterocycles. The Labute approximate surface area is 393 Å². The van der Waals surface area contributed by atoms with Crippen molar-refractivity contribution < 1.29 is 25.3 Å². The highest BCUT2D eigenvalue weighted by Crippen LogP contribution is 2.51. The van der Waals surface area contributed by atoms with Gasteiger partial charge in [-0.3, -0.25) is 0 Å². The third-order valence-corrected chi connectivity index (χ3v) is 19.1. The van der Waals surface area contributed by atoms with Crippen molar-refractivity contribution in [2.45, 2.75) is 49.3 Å². The van der Waals surface area contributed by atoms with E-state index in [1.165, 1.54) is 35.3 Å². The molecule has 1 N–H and O–H groups in total. The normalized spacial score (nSPS) is 12.6. The van der Waals surface area contributed by atoms with Crippen LogP contribution in [0.15, 0.2) is 146 Å². The molecule has 0 aliphatic heterocycles. The van der Waals surface area contributed by atoms with Gasteiger partial charge in [-0.15, -0.1) is 0 Å². The van der Waals surface area contributed by atoms with Crippen molar-refractivity contribution in [2.75, 3.05) is 26.2 Å². The molecule has 0 radical (unpaired) electrons. The second-order valence-electron chi connectivity index (χ2n) is 15.6. The number of nitrogens with one attached hydrogen (secondary N) is 1. The highest BCUT2D eigenvalue weighted by molar-refractivity contribution is 7.90. The van der Waals surface area contributed by atoms with E-state index >= 15 is 8.42 Å². The van der Waals surface area contributed by atoms with Crippen LogP contribution in [0.25, 0.3) is 77.8 Å². The molecule has 3 aromatic carbocycles. The van der Waals surface area contributed by atoms with E-state index in [0.29, 0.717) is 68.5 Å². The minimum absolute atomic E-state index is 0.0260. The Bertz CT molecular complexity index is 3590. The molecule has 0 fully saturated rings. The van der Waals surface area contributed by atoms with Crippen LogP contribution in [-0.4, -0.2) is 79.0 Å². The largest absolute Gasteiger partial charge is 0.345 e. The van der Waals surface area contributed by atoms with Gasteiger partial charge < -0.3 is 4.98 Å². The molecular weight excluding hydrogens is 929 g/mol. The number of sulfonamides is 2. The summed E-state index contributed by atoms with van der Waals surface area (Å²) in [4.78, 5) is 13.4. The first kappa shape index (κ1) is 45.4. The number of pyridine rings is 2. The minimum atomic E-state index is -4.49. The van der Waals surface area contributed by atoms with E-state index in [0.717, 1.165) is 16.7 Å². The van der Waals surface area contributed by atoms with E-state index in [9.17, 15) is 16.8 Å². The van der Waals surface area contributed by atoms with Crippen LogP contribution < -0.4 is 0 Å². The van der Waals surface area contributed by atoms with Crippen LogP contribution in [-0.2, 0) is 30.1 Å². The number of aromatic amines is 1. The smallest absolute Gasteiger partial charge is 0.269 e. The maximum absolute atomic E-state index is 15.7. The van der Waals surface area contributed by atoms with Crippen LogP contribution in [0.1, 0.15) is 33.3 Å². The molecule has 9 aromatic rings. The number of hydrogen-bond donors (Lipinski definition) is 1. The summed E-state index contributed by atoms with van der Waals surface area (Å²) in [5.41, 5.74) is 7.20. The fourth-order valence-corrected chi connectivity index (χ4v) is 14.5. The van der Waals surface area contributed by atoms with E-state index in [-0.39, 0.29) is 39.1 Å². The lowest BCUT2D eigenvalue weighted by Gasteiger charge is -2.20. The summed E-state index contributed by atoms with van der Waals surface area (Å²) in [6.07, 6.45) is 5.03. The van der Waals surface area contributed by atoms with E-state index in [4.69, 9.17) is 9.97 Å². The summed E-state index contributed by atoms with van der Waals surface area (Å²) in [7, 11) is -12.3. The Kier molecular flexibility index (Phi) is 12.2. The number of H-pyrrole nitrogens is 1. The number of hydrogen-bond acceptors (Lipinski definition) is 10. The van der Waals surface area contributed by atoms with Crippen molar-refractivity contribution in [3.05, 3.63) is 137 Å². The lowest BCUT2D eigenvalue weighted by Crippen LogP contribution is -2.30. The zero-order chi connectivity index (χ0) is 46.5. The van der Waals surface area contributed by atoms with Gasteiger partial charge in [-0.1, -0.05) is 69.7 Å². The average Bonchev–Trinajstić information content (AvgIpc) is 4.17. The van der Waals surface area contributed by atoms with Gasteiger partial charge in [0.1, 0.15) is 5.65 Å². The second kappa shape index (κ2) is 17.8. The summed E-state index contributed by atoms with van der Waals surface area (Å²) in [5.74, 6) is 0. The van der Waals surface area contributed by atoms with Gasteiger partial charge in [0.2, 0.25) is 20.0 Å². The molecule has 6 heterocycles. The highest BCUT2D eigenvalue weighted by Gasteiger charge is 2.35. The highest BCUT2D eigenvalue weighted by atomic mass is 32.2. The van der Waals surface area contributed by atoms with Crippen molar-refractivity contribution in [3.63, 3.8) is 0 Å². The minimum Gasteiger partial charge on any atom is -0.345 e. The molecule has 12 nitrogen and oxygen atoms in total. The third-order valence-electron chi connectivity index (χ3n) is 11.9. The van der Waals surface area contributed by atoms with Gasteiger partial charge in [-0.25, -0.2) is 39.2 Å². The van der Waals surface area contributed by atoms with E-state index in [1.807, 2.05) is 52.7 Å². The summed E-state index contributed by atoms with van der Waals surface area (Å²) in [6.45, 7) is 10.2. The number of aryl methyl sites for hydroxylation is 1. The van der Waals surface area contributed by atoms with Crippen molar-refractivity contribution in [3.8, 4) is 55.8 Å². The number of fused-ring (bicyclic) bond motifs is 2. The first-order valence-corrected chi connectivity index (χ1v) is 27.6. The van der Waals surface area contributed by atoms with Crippen molar-refractivity contribution in [1.29, 1.82) is 0 Å². The zero-order valence-corrected chi connectivity index (χ0v) is 40.8. The molecule has 0 atom stereocenters. The van der Waals surface area contributed by atoms with Crippen molar-refractivity contribution in [1.82, 2.24) is 27.5 Å². The lowest BCUT2D eigenvalue weighted by atomic mass is 9.90. The Balaban J connectivity index is 1.46. The SMILES string of the molecule is CCN(CC)S(=O)(=O)c1cccc(-c2c[nH]c3ncc(-c4c(-c5cccc(S(=O)(=O)N(CC)CC)c5)c5c(-c6ccsc6)ccnc5n4S(=O)(=O)c4ccc(C)cc4)c(-c4ccsc4)c23)c1. The van der Waals surface area contributed by atoms with Gasteiger partial charge in [-0.05, 0) is 111 Å². The van der Waals surface area contributed by atoms with Crippen LogP contribution in [0.3, 0.4) is 0 Å². The van der Waals surface area contributed by atoms with Crippen LogP contribution in [0, 0.1) is 6.92 Å². The predicted molar refractivity (Wildman–Crippen MR) is 266 cm³/mol. The molecule has 0 saturated carbocycles. The molecule has 0 unspecified atom stereocenters. The van der Waals surface area contributed by atoms with Gasteiger partial charge in [0.05, 0.1) is 20.4 Å². The fraction of sp³-hybridized carbons (Fsp3) is 0.184. The maximum atomic E-state index is 15.7. The Morgan fingerprint density at radius 1 is 0.591 bits per heavy atom. The topological polar surface area (TPSA) is 155 Å². The van der Waals surface area contributed by atoms with Crippen LogP contribution in [0.4, 0.5) is 0 Å².